The van der Waals surface area contributed by atoms with Crippen LogP contribution >= 0.6 is 0 Å². The van der Waals surface area contributed by atoms with Gasteiger partial charge in [-0.05, 0) is 59.9 Å². The van der Waals surface area contributed by atoms with E-state index in [0.29, 0.717) is 17.0 Å². The molecule has 1 saturated carbocycles. The maximum atomic E-state index is 11.8. The van der Waals surface area contributed by atoms with E-state index in [4.69, 9.17) is 0 Å². The highest BCUT2D eigenvalue weighted by molar-refractivity contribution is 5.95. The Kier molecular flexibility index (Phi) is 5.77. The Labute approximate surface area is 157 Å². The number of rotatable bonds is 5. The minimum absolute atomic E-state index is 0.0525. The van der Waals surface area contributed by atoms with Crippen molar-refractivity contribution in [2.45, 2.75) is 52.1 Å². The highest BCUT2D eigenvalue weighted by Gasteiger charge is 2.26. The van der Waals surface area contributed by atoms with E-state index >= 15 is 0 Å². The first-order chi connectivity index (χ1) is 12.5. The van der Waals surface area contributed by atoms with Gasteiger partial charge in [0.05, 0.1) is 0 Å². The zero-order valence-electron chi connectivity index (χ0n) is 16.1. The summed E-state index contributed by atoms with van der Waals surface area (Å²) in [7, 11) is 1.66. The fourth-order valence-corrected chi connectivity index (χ4v) is 3.66. The highest BCUT2D eigenvalue weighted by Crippen LogP contribution is 2.35. The molecule has 0 aromatic heterocycles. The summed E-state index contributed by atoms with van der Waals surface area (Å²) in [6.07, 6.45) is 5.17. The topological polar surface area (TPSA) is 41.1 Å². The van der Waals surface area contributed by atoms with Crippen molar-refractivity contribution >= 4 is 5.91 Å². The molecule has 0 aliphatic heterocycles. The van der Waals surface area contributed by atoms with Crippen LogP contribution < -0.4 is 10.6 Å². The van der Waals surface area contributed by atoms with Crippen molar-refractivity contribution in [3.8, 4) is 11.1 Å². The molecule has 0 heterocycles. The number of benzene rings is 2. The number of nitrogens with one attached hydrogen (secondary N) is 2. The van der Waals surface area contributed by atoms with Gasteiger partial charge in [0.25, 0.3) is 5.91 Å². The monoisotopic (exact) mass is 350 g/mol. The van der Waals surface area contributed by atoms with Gasteiger partial charge in [0, 0.05) is 25.2 Å². The third kappa shape index (κ3) is 4.73. The number of amides is 1. The molecule has 0 saturated heterocycles. The minimum Gasteiger partial charge on any atom is -0.355 e. The van der Waals surface area contributed by atoms with Crippen LogP contribution in [0, 0.1) is 5.41 Å². The fraction of sp³-hybridized carbons (Fsp3) is 0.435. The summed E-state index contributed by atoms with van der Waals surface area (Å²) < 4.78 is 0. The lowest BCUT2D eigenvalue weighted by Crippen LogP contribution is -2.35. The molecule has 0 radical (unpaired) electrons. The molecule has 2 N–H and O–H groups in total. The van der Waals surface area contributed by atoms with Crippen LogP contribution in [0.3, 0.4) is 0 Å². The molecule has 3 nitrogen and oxygen atoms in total. The molecule has 1 aliphatic rings. The zero-order valence-corrected chi connectivity index (χ0v) is 16.1. The SMILES string of the molecule is CNC(=O)c1cccc(-c2ccc(CNC3CCC(C)(C)CC3)cc2)c1. The molecular formula is C23H30N2O. The minimum atomic E-state index is -0.0525. The Morgan fingerprint density at radius 2 is 1.73 bits per heavy atom. The first-order valence-electron chi connectivity index (χ1n) is 9.62. The molecule has 138 valence electrons. The van der Waals surface area contributed by atoms with Crippen molar-refractivity contribution in [3.05, 3.63) is 59.7 Å². The van der Waals surface area contributed by atoms with E-state index in [0.717, 1.165) is 17.7 Å². The van der Waals surface area contributed by atoms with Gasteiger partial charge in [0.15, 0.2) is 0 Å². The third-order valence-corrected chi connectivity index (χ3v) is 5.57. The second-order valence-corrected chi connectivity index (χ2v) is 8.18. The number of carbonyl (C=O) groups is 1. The Hall–Kier alpha value is -2.13. The smallest absolute Gasteiger partial charge is 0.251 e. The summed E-state index contributed by atoms with van der Waals surface area (Å²) in [6.45, 7) is 5.67. The Morgan fingerprint density at radius 3 is 2.38 bits per heavy atom. The molecule has 26 heavy (non-hydrogen) atoms. The predicted molar refractivity (Wildman–Crippen MR) is 108 cm³/mol. The van der Waals surface area contributed by atoms with Crippen LogP contribution in [-0.4, -0.2) is 19.0 Å². The summed E-state index contributed by atoms with van der Waals surface area (Å²) in [5, 5.41) is 6.39. The van der Waals surface area contributed by atoms with Crippen molar-refractivity contribution < 1.29 is 4.79 Å². The second kappa shape index (κ2) is 8.05. The van der Waals surface area contributed by atoms with Crippen molar-refractivity contribution in [2.24, 2.45) is 5.41 Å². The summed E-state index contributed by atoms with van der Waals surface area (Å²) in [5.74, 6) is -0.0525. The molecule has 0 spiro atoms. The predicted octanol–water partition coefficient (Wildman–Crippen LogP) is 4.77. The molecule has 2 aromatic carbocycles. The maximum absolute atomic E-state index is 11.8. The van der Waals surface area contributed by atoms with Gasteiger partial charge >= 0.3 is 0 Å². The molecule has 1 amide bonds. The average molecular weight is 351 g/mol. The molecule has 2 aromatic rings. The normalized spacial score (nSPS) is 17.0. The van der Waals surface area contributed by atoms with Crippen LogP contribution in [0.1, 0.15) is 55.5 Å². The lowest BCUT2D eigenvalue weighted by Gasteiger charge is -2.34. The van der Waals surface area contributed by atoms with E-state index < -0.39 is 0 Å². The average Bonchev–Trinajstić information content (AvgIpc) is 2.67. The summed E-state index contributed by atoms with van der Waals surface area (Å²) in [4.78, 5) is 11.8. The molecule has 3 heteroatoms. The second-order valence-electron chi connectivity index (χ2n) is 8.18. The molecular weight excluding hydrogens is 320 g/mol. The van der Waals surface area contributed by atoms with Crippen molar-refractivity contribution in [1.29, 1.82) is 0 Å². The highest BCUT2D eigenvalue weighted by atomic mass is 16.1. The van der Waals surface area contributed by atoms with Crippen LogP contribution in [-0.2, 0) is 6.54 Å². The van der Waals surface area contributed by atoms with Crippen LogP contribution in [0.5, 0.6) is 0 Å². The molecule has 0 atom stereocenters. The fourth-order valence-electron chi connectivity index (χ4n) is 3.66. The van der Waals surface area contributed by atoms with Gasteiger partial charge in [0.2, 0.25) is 0 Å². The van der Waals surface area contributed by atoms with Crippen LogP contribution in [0.15, 0.2) is 48.5 Å². The Bertz CT molecular complexity index is 739. The first-order valence-corrected chi connectivity index (χ1v) is 9.62. The Morgan fingerprint density at radius 1 is 1.04 bits per heavy atom. The lowest BCUT2D eigenvalue weighted by atomic mass is 9.75. The van der Waals surface area contributed by atoms with Gasteiger partial charge in [-0.1, -0.05) is 50.2 Å². The van der Waals surface area contributed by atoms with Crippen LogP contribution in [0.2, 0.25) is 0 Å². The number of carbonyl (C=O) groups excluding carboxylic acids is 1. The lowest BCUT2D eigenvalue weighted by molar-refractivity contribution is 0.0963. The number of hydrogen-bond donors (Lipinski definition) is 2. The zero-order chi connectivity index (χ0) is 18.6. The molecule has 1 aliphatic carbocycles. The van der Waals surface area contributed by atoms with Gasteiger partial charge in [0.1, 0.15) is 0 Å². The molecule has 1 fully saturated rings. The molecule has 0 bridgehead atoms. The number of hydrogen-bond acceptors (Lipinski definition) is 2. The summed E-state index contributed by atoms with van der Waals surface area (Å²) >= 11 is 0. The summed E-state index contributed by atoms with van der Waals surface area (Å²) in [6, 6.07) is 17.1. The van der Waals surface area contributed by atoms with E-state index in [1.807, 2.05) is 24.3 Å². The van der Waals surface area contributed by atoms with Gasteiger partial charge in [-0.15, -0.1) is 0 Å². The van der Waals surface area contributed by atoms with E-state index in [-0.39, 0.29) is 5.91 Å². The molecule has 0 unspecified atom stereocenters. The maximum Gasteiger partial charge on any atom is 0.251 e. The van der Waals surface area contributed by atoms with Crippen molar-refractivity contribution in [2.75, 3.05) is 7.05 Å². The third-order valence-electron chi connectivity index (χ3n) is 5.57. The summed E-state index contributed by atoms with van der Waals surface area (Å²) in [5.41, 5.74) is 4.72. The van der Waals surface area contributed by atoms with E-state index in [9.17, 15) is 4.79 Å². The van der Waals surface area contributed by atoms with Gasteiger partial charge < -0.3 is 10.6 Å². The largest absolute Gasteiger partial charge is 0.355 e. The quantitative estimate of drug-likeness (QED) is 0.815. The van der Waals surface area contributed by atoms with E-state index in [1.54, 1.807) is 7.05 Å². The van der Waals surface area contributed by atoms with E-state index in [2.05, 4.69) is 48.7 Å². The first kappa shape index (κ1) is 18.7. The van der Waals surface area contributed by atoms with Crippen LogP contribution in [0.4, 0.5) is 0 Å². The van der Waals surface area contributed by atoms with Crippen LogP contribution in [0.25, 0.3) is 11.1 Å². The van der Waals surface area contributed by atoms with Crippen molar-refractivity contribution in [3.63, 3.8) is 0 Å². The van der Waals surface area contributed by atoms with Gasteiger partial charge in [-0.3, -0.25) is 4.79 Å². The molecule has 3 rings (SSSR count). The van der Waals surface area contributed by atoms with E-state index in [1.165, 1.54) is 31.2 Å². The van der Waals surface area contributed by atoms with Crippen molar-refractivity contribution in [1.82, 2.24) is 10.6 Å². The van der Waals surface area contributed by atoms with Gasteiger partial charge in [-0.25, -0.2) is 0 Å². The standard InChI is InChI=1S/C23H30N2O/c1-23(2)13-11-21(12-14-23)25-16-17-7-9-18(10-8-17)19-5-4-6-20(15-19)22(26)24-3/h4-10,15,21,25H,11-14,16H2,1-3H3,(H,24,26). The Balaban J connectivity index is 1.60. The van der Waals surface area contributed by atoms with Gasteiger partial charge in [-0.2, -0.15) is 0 Å².